The van der Waals surface area contributed by atoms with Gasteiger partial charge in [0.1, 0.15) is 0 Å². The summed E-state index contributed by atoms with van der Waals surface area (Å²) in [4.78, 5) is 0. The molecular formula is C6H13OTi. The van der Waals surface area contributed by atoms with Crippen LogP contribution in [0.2, 0.25) is 0 Å². The first-order chi connectivity index (χ1) is 3.31. The van der Waals surface area contributed by atoms with E-state index in [9.17, 15) is 0 Å². The molecule has 1 nitrogen and oxygen atoms in total. The molecule has 47 valence electrons. The smallest absolute Gasteiger partial charge is 0.0544 e. The predicted octanol–water partition coefficient (Wildman–Crippen LogP) is 1.63. The van der Waals surface area contributed by atoms with Crippen LogP contribution in [0.4, 0.5) is 0 Å². The normalized spacial score (nSPS) is 12.4. The van der Waals surface area contributed by atoms with Crippen molar-refractivity contribution in [3.63, 3.8) is 0 Å². The van der Waals surface area contributed by atoms with Gasteiger partial charge in [-0.3, -0.25) is 0 Å². The summed E-state index contributed by atoms with van der Waals surface area (Å²) < 4.78 is 5.08. The zero-order chi connectivity index (χ0) is 5.70. The molecule has 0 rings (SSSR count). The Kier molecular flexibility index (Phi) is 11.0. The molecule has 0 heterocycles. The van der Waals surface area contributed by atoms with Crippen molar-refractivity contribution >= 4 is 0 Å². The van der Waals surface area contributed by atoms with Crippen LogP contribution in [0.25, 0.3) is 0 Å². The number of hydrogen-bond acceptors (Lipinski definition) is 1. The van der Waals surface area contributed by atoms with E-state index in [2.05, 4.69) is 13.8 Å². The summed E-state index contributed by atoms with van der Waals surface area (Å²) in [7, 11) is 0. The molecule has 0 amide bonds. The van der Waals surface area contributed by atoms with E-state index < -0.39 is 0 Å². The first kappa shape index (κ1) is 11.5. The minimum Gasteiger partial charge on any atom is -0.379 e. The monoisotopic (exact) mass is 149 g/mol. The molecule has 0 aliphatic heterocycles. The van der Waals surface area contributed by atoms with Gasteiger partial charge in [-0.05, 0) is 20.3 Å². The zero-order valence-electron chi connectivity index (χ0n) is 5.61. The molecule has 1 atom stereocenters. The van der Waals surface area contributed by atoms with Gasteiger partial charge in [-0.1, -0.05) is 6.92 Å². The Morgan fingerprint density at radius 1 is 1.62 bits per heavy atom. The molecule has 0 N–H and O–H groups in total. The first-order valence-corrected chi connectivity index (χ1v) is 2.72. The summed E-state index contributed by atoms with van der Waals surface area (Å²) in [6.07, 6.45) is 1.47. The molecule has 8 heavy (non-hydrogen) atoms. The molecule has 1 unspecified atom stereocenters. The number of hydrogen-bond donors (Lipinski definition) is 0. The van der Waals surface area contributed by atoms with E-state index in [4.69, 9.17) is 4.74 Å². The average Bonchev–Trinajstić information content (AvgIpc) is 1.68. The van der Waals surface area contributed by atoms with E-state index in [1.54, 1.807) is 0 Å². The van der Waals surface area contributed by atoms with Gasteiger partial charge in [0.25, 0.3) is 0 Å². The van der Waals surface area contributed by atoms with Crippen molar-refractivity contribution < 1.29 is 26.5 Å². The summed E-state index contributed by atoms with van der Waals surface area (Å²) >= 11 is 0. The second-order valence-corrected chi connectivity index (χ2v) is 1.59. The van der Waals surface area contributed by atoms with Crippen molar-refractivity contribution in [1.29, 1.82) is 0 Å². The van der Waals surface area contributed by atoms with Crippen molar-refractivity contribution in [2.45, 2.75) is 26.4 Å². The van der Waals surface area contributed by atoms with E-state index in [-0.39, 0.29) is 21.7 Å². The topological polar surface area (TPSA) is 9.23 Å². The van der Waals surface area contributed by atoms with Crippen LogP contribution < -0.4 is 0 Å². The van der Waals surface area contributed by atoms with Gasteiger partial charge in [0.2, 0.25) is 0 Å². The van der Waals surface area contributed by atoms with E-state index in [0.29, 0.717) is 12.7 Å². The summed E-state index contributed by atoms with van der Waals surface area (Å²) in [5, 5.41) is 0. The van der Waals surface area contributed by atoms with Gasteiger partial charge in [0, 0.05) is 28.3 Å². The third-order valence-electron chi connectivity index (χ3n) is 0.977. The van der Waals surface area contributed by atoms with Crippen LogP contribution in [0.5, 0.6) is 0 Å². The Hall–Kier alpha value is 0.674. The summed E-state index contributed by atoms with van der Waals surface area (Å²) in [6, 6.07) is 0. The van der Waals surface area contributed by atoms with E-state index in [0.717, 1.165) is 6.42 Å². The molecule has 0 aromatic rings. The Bertz CT molecular complexity index is 39.5. The fourth-order valence-corrected chi connectivity index (χ4v) is 0.319. The fraction of sp³-hybridized carbons (Fsp3) is 0.833. The maximum absolute atomic E-state index is 5.08. The Labute approximate surface area is 66.7 Å². The van der Waals surface area contributed by atoms with Gasteiger partial charge in [-0.15, -0.1) is 0 Å². The molecule has 1 radical (unpaired) electrons. The molecule has 0 aliphatic carbocycles. The van der Waals surface area contributed by atoms with Gasteiger partial charge >= 0.3 is 0 Å². The second kappa shape index (κ2) is 7.67. The summed E-state index contributed by atoms with van der Waals surface area (Å²) in [6.45, 7) is 8.29. The van der Waals surface area contributed by atoms with Crippen molar-refractivity contribution in [2.75, 3.05) is 6.61 Å². The predicted molar refractivity (Wildman–Crippen MR) is 31.1 cm³/mol. The van der Waals surface area contributed by atoms with Crippen molar-refractivity contribution in [3.8, 4) is 0 Å². The molecule has 0 aromatic heterocycles. The Balaban J connectivity index is 0. The Morgan fingerprint density at radius 3 is 2.25 bits per heavy atom. The molecular weight excluding hydrogens is 136 g/mol. The van der Waals surface area contributed by atoms with Gasteiger partial charge in [-0.25, -0.2) is 0 Å². The van der Waals surface area contributed by atoms with Crippen LogP contribution in [0.15, 0.2) is 0 Å². The fourth-order valence-electron chi connectivity index (χ4n) is 0.319. The van der Waals surface area contributed by atoms with E-state index >= 15 is 0 Å². The molecule has 0 aliphatic rings. The third-order valence-corrected chi connectivity index (χ3v) is 0.977. The van der Waals surface area contributed by atoms with Crippen LogP contribution >= 0.6 is 0 Å². The SMILES string of the molecule is [CH2]COC(C)CC.[Ti]. The summed E-state index contributed by atoms with van der Waals surface area (Å²) in [5.74, 6) is 0. The van der Waals surface area contributed by atoms with Crippen molar-refractivity contribution in [1.82, 2.24) is 0 Å². The third kappa shape index (κ3) is 6.67. The van der Waals surface area contributed by atoms with Crippen LogP contribution in [0.3, 0.4) is 0 Å². The maximum atomic E-state index is 5.08. The second-order valence-electron chi connectivity index (χ2n) is 1.59. The van der Waals surface area contributed by atoms with Crippen LogP contribution in [-0.4, -0.2) is 12.7 Å². The van der Waals surface area contributed by atoms with Crippen LogP contribution in [0.1, 0.15) is 20.3 Å². The molecule has 2 heteroatoms. The number of ether oxygens (including phenoxy) is 1. The molecule has 0 saturated carbocycles. The van der Waals surface area contributed by atoms with Gasteiger partial charge in [0.05, 0.1) is 6.10 Å². The van der Waals surface area contributed by atoms with E-state index in [1.807, 2.05) is 6.92 Å². The zero-order valence-corrected chi connectivity index (χ0v) is 7.17. The number of rotatable bonds is 3. The molecule has 0 fully saturated rings. The van der Waals surface area contributed by atoms with E-state index in [1.165, 1.54) is 0 Å². The average molecular weight is 149 g/mol. The minimum atomic E-state index is 0. The largest absolute Gasteiger partial charge is 0.379 e. The standard InChI is InChI=1S/C6H13O.Ti/c1-4-6(3)7-5-2;/h6H,2,4-5H2,1,3H3;. The molecule has 0 bridgehead atoms. The van der Waals surface area contributed by atoms with Gasteiger partial charge in [-0.2, -0.15) is 0 Å². The molecule has 0 spiro atoms. The van der Waals surface area contributed by atoms with Crippen molar-refractivity contribution in [3.05, 3.63) is 6.92 Å². The first-order valence-electron chi connectivity index (χ1n) is 2.72. The molecule has 0 aromatic carbocycles. The maximum Gasteiger partial charge on any atom is 0.0544 e. The van der Waals surface area contributed by atoms with Gasteiger partial charge < -0.3 is 4.74 Å². The Morgan fingerprint density at radius 2 is 2.12 bits per heavy atom. The van der Waals surface area contributed by atoms with Crippen LogP contribution in [-0.2, 0) is 26.5 Å². The van der Waals surface area contributed by atoms with Gasteiger partial charge in [0.15, 0.2) is 0 Å². The summed E-state index contributed by atoms with van der Waals surface area (Å²) in [5.41, 5.74) is 0. The molecule has 0 saturated heterocycles. The van der Waals surface area contributed by atoms with Crippen LogP contribution in [0, 0.1) is 6.92 Å². The quantitative estimate of drug-likeness (QED) is 0.554. The minimum absolute atomic E-state index is 0. The van der Waals surface area contributed by atoms with Crippen molar-refractivity contribution in [2.24, 2.45) is 0 Å².